The third kappa shape index (κ3) is 5.77. The van der Waals surface area contributed by atoms with Crippen LogP contribution in [-0.2, 0) is 9.59 Å². The molecular weight excluding hydrogens is 388 g/mol. The Hall–Kier alpha value is -3.46. The number of nitro benzene ring substituents is 1. The number of nitrogens with zero attached hydrogens (tertiary/aromatic N) is 2. The first-order valence-corrected chi connectivity index (χ1v) is 9.29. The maximum Gasteiger partial charge on any atom is 0.311 e. The van der Waals surface area contributed by atoms with Crippen LogP contribution in [0.2, 0.25) is 0 Å². The second-order valence-electron chi connectivity index (χ2n) is 7.11. The zero-order valence-corrected chi connectivity index (χ0v) is 17.7. The van der Waals surface area contributed by atoms with Gasteiger partial charge >= 0.3 is 5.69 Å². The fraction of sp³-hybridized carbons (Fsp3) is 0.333. The lowest BCUT2D eigenvalue weighted by Gasteiger charge is -2.17. The van der Waals surface area contributed by atoms with E-state index in [9.17, 15) is 19.7 Å². The van der Waals surface area contributed by atoms with Gasteiger partial charge in [0.2, 0.25) is 11.8 Å². The summed E-state index contributed by atoms with van der Waals surface area (Å²) in [6.45, 7) is 5.56. The van der Waals surface area contributed by atoms with Crippen LogP contribution in [0.3, 0.4) is 0 Å². The van der Waals surface area contributed by atoms with Crippen LogP contribution >= 0.6 is 0 Å². The molecule has 2 amide bonds. The molecule has 0 aliphatic heterocycles. The first kappa shape index (κ1) is 22.8. The summed E-state index contributed by atoms with van der Waals surface area (Å²) >= 11 is 0. The third-order valence-electron chi connectivity index (χ3n) is 4.70. The second kappa shape index (κ2) is 9.84. The quantitative estimate of drug-likeness (QED) is 0.507. The number of likely N-dealkylation sites (N-methyl/N-ethyl adjacent to an activating group) is 1. The summed E-state index contributed by atoms with van der Waals surface area (Å²) in [5.74, 6) is -0.523. The number of nitrogens with one attached hydrogen (secondary N) is 2. The van der Waals surface area contributed by atoms with E-state index in [-0.39, 0.29) is 36.3 Å². The van der Waals surface area contributed by atoms with E-state index in [1.165, 1.54) is 19.2 Å². The predicted octanol–water partition coefficient (Wildman–Crippen LogP) is 3.04. The Bertz CT molecular complexity index is 974. The maximum absolute atomic E-state index is 12.4. The number of hydrogen-bond donors (Lipinski definition) is 2. The van der Waals surface area contributed by atoms with E-state index in [1.54, 1.807) is 18.9 Å². The molecule has 0 saturated heterocycles. The van der Waals surface area contributed by atoms with Crippen molar-refractivity contribution in [2.24, 2.45) is 0 Å². The maximum atomic E-state index is 12.4. The lowest BCUT2D eigenvalue weighted by Crippen LogP contribution is -2.36. The molecule has 9 heteroatoms. The van der Waals surface area contributed by atoms with Gasteiger partial charge in [0.15, 0.2) is 5.75 Å². The molecule has 0 aliphatic rings. The summed E-state index contributed by atoms with van der Waals surface area (Å²) in [7, 11) is 2.98. The molecule has 9 nitrogen and oxygen atoms in total. The van der Waals surface area contributed by atoms with Gasteiger partial charge in [-0.1, -0.05) is 12.1 Å². The monoisotopic (exact) mass is 414 g/mol. The predicted molar refractivity (Wildman–Crippen MR) is 115 cm³/mol. The van der Waals surface area contributed by atoms with Crippen LogP contribution < -0.4 is 15.4 Å². The van der Waals surface area contributed by atoms with Gasteiger partial charge in [-0.2, -0.15) is 0 Å². The van der Waals surface area contributed by atoms with Crippen molar-refractivity contribution in [3.05, 3.63) is 57.1 Å². The molecule has 0 saturated carbocycles. The van der Waals surface area contributed by atoms with Crippen molar-refractivity contribution >= 4 is 28.9 Å². The molecule has 0 atom stereocenters. The number of carbonyl (C=O) groups is 2. The van der Waals surface area contributed by atoms with Crippen molar-refractivity contribution in [3.8, 4) is 5.75 Å². The lowest BCUT2D eigenvalue weighted by molar-refractivity contribution is -0.385. The minimum absolute atomic E-state index is 0.0288. The van der Waals surface area contributed by atoms with Crippen molar-refractivity contribution in [2.75, 3.05) is 37.9 Å². The summed E-state index contributed by atoms with van der Waals surface area (Å²) in [5, 5.41) is 16.6. The van der Waals surface area contributed by atoms with E-state index in [1.807, 2.05) is 32.0 Å². The van der Waals surface area contributed by atoms with Gasteiger partial charge < -0.3 is 15.4 Å². The van der Waals surface area contributed by atoms with Gasteiger partial charge in [-0.3, -0.25) is 24.6 Å². The topological polar surface area (TPSA) is 114 Å². The van der Waals surface area contributed by atoms with Gasteiger partial charge in [0.1, 0.15) is 0 Å². The highest BCUT2D eigenvalue weighted by Gasteiger charge is 2.19. The van der Waals surface area contributed by atoms with Crippen LogP contribution in [0.5, 0.6) is 5.75 Å². The molecule has 0 heterocycles. The highest BCUT2D eigenvalue weighted by Crippen LogP contribution is 2.32. The summed E-state index contributed by atoms with van der Waals surface area (Å²) in [5.41, 5.74) is 3.59. The molecule has 0 fully saturated rings. The van der Waals surface area contributed by atoms with Gasteiger partial charge in [-0.05, 0) is 50.6 Å². The van der Waals surface area contributed by atoms with Gasteiger partial charge in [0.25, 0.3) is 0 Å². The van der Waals surface area contributed by atoms with E-state index < -0.39 is 4.92 Å². The standard InChI is InChI=1S/C21H26N4O5/c1-13-7-6-8-16(15(13)3)22-20(26)11-24(4)12-21(27)23-17-10-19(30-5)18(25(28)29)9-14(17)2/h6-10H,11-12H2,1-5H3,(H,22,26)(H,23,27). The Morgan fingerprint density at radius 2 is 1.63 bits per heavy atom. The highest BCUT2D eigenvalue weighted by atomic mass is 16.6. The molecule has 160 valence electrons. The van der Waals surface area contributed by atoms with Gasteiger partial charge in [0.05, 0.1) is 25.1 Å². The lowest BCUT2D eigenvalue weighted by atomic mass is 10.1. The van der Waals surface area contributed by atoms with E-state index >= 15 is 0 Å². The van der Waals surface area contributed by atoms with Crippen molar-refractivity contribution in [1.82, 2.24) is 4.90 Å². The minimum atomic E-state index is -0.542. The normalized spacial score (nSPS) is 10.6. The van der Waals surface area contributed by atoms with E-state index in [0.717, 1.165) is 16.8 Å². The number of carbonyl (C=O) groups excluding carboxylic acids is 2. The molecule has 2 aromatic carbocycles. The number of nitro groups is 1. The number of anilines is 2. The van der Waals surface area contributed by atoms with Crippen LogP contribution in [0, 0.1) is 30.9 Å². The molecular formula is C21H26N4O5. The van der Waals surface area contributed by atoms with Gasteiger partial charge in [0, 0.05) is 23.5 Å². The summed E-state index contributed by atoms with van der Waals surface area (Å²) in [4.78, 5) is 36.8. The fourth-order valence-electron chi connectivity index (χ4n) is 2.93. The van der Waals surface area contributed by atoms with Gasteiger partial charge in [-0.25, -0.2) is 0 Å². The molecule has 0 radical (unpaired) electrons. The van der Waals surface area contributed by atoms with Gasteiger partial charge in [-0.15, -0.1) is 0 Å². The molecule has 30 heavy (non-hydrogen) atoms. The Morgan fingerprint density at radius 1 is 1.03 bits per heavy atom. The Balaban J connectivity index is 1.97. The van der Waals surface area contributed by atoms with E-state index in [0.29, 0.717) is 11.3 Å². The number of benzene rings is 2. The third-order valence-corrected chi connectivity index (χ3v) is 4.70. The highest BCUT2D eigenvalue weighted by molar-refractivity contribution is 5.95. The Kier molecular flexibility index (Phi) is 7.48. The smallest absolute Gasteiger partial charge is 0.311 e. The van der Waals surface area contributed by atoms with Crippen LogP contribution in [-0.4, -0.2) is 48.9 Å². The molecule has 2 N–H and O–H groups in total. The molecule has 0 aromatic heterocycles. The molecule has 2 aromatic rings. The second-order valence-corrected chi connectivity index (χ2v) is 7.11. The number of rotatable bonds is 8. The molecule has 0 spiro atoms. The van der Waals surface area contributed by atoms with Crippen LogP contribution in [0.15, 0.2) is 30.3 Å². The van der Waals surface area contributed by atoms with Crippen LogP contribution in [0.25, 0.3) is 0 Å². The average molecular weight is 414 g/mol. The van der Waals surface area contributed by atoms with Crippen molar-refractivity contribution in [1.29, 1.82) is 0 Å². The average Bonchev–Trinajstić information content (AvgIpc) is 2.66. The fourth-order valence-corrected chi connectivity index (χ4v) is 2.93. The minimum Gasteiger partial charge on any atom is -0.490 e. The number of hydrogen-bond acceptors (Lipinski definition) is 6. The molecule has 2 rings (SSSR count). The molecule has 0 unspecified atom stereocenters. The zero-order valence-electron chi connectivity index (χ0n) is 17.7. The van der Waals surface area contributed by atoms with Crippen molar-refractivity contribution in [2.45, 2.75) is 20.8 Å². The van der Waals surface area contributed by atoms with Crippen LogP contribution in [0.4, 0.5) is 17.1 Å². The number of ether oxygens (including phenoxy) is 1. The Morgan fingerprint density at radius 3 is 2.20 bits per heavy atom. The largest absolute Gasteiger partial charge is 0.490 e. The van der Waals surface area contributed by atoms with Crippen molar-refractivity contribution in [3.63, 3.8) is 0 Å². The SMILES string of the molecule is COc1cc(NC(=O)CN(C)CC(=O)Nc2cccc(C)c2C)c(C)cc1[N+](=O)[O-]. The summed E-state index contributed by atoms with van der Waals surface area (Å²) in [6.07, 6.45) is 0. The molecule has 0 bridgehead atoms. The summed E-state index contributed by atoms with van der Waals surface area (Å²) in [6, 6.07) is 8.43. The molecule has 0 aliphatic carbocycles. The van der Waals surface area contributed by atoms with Crippen LogP contribution in [0.1, 0.15) is 16.7 Å². The number of amides is 2. The Labute approximate surface area is 175 Å². The number of aryl methyl sites for hydroxylation is 2. The van der Waals surface area contributed by atoms with Crippen molar-refractivity contribution < 1.29 is 19.2 Å². The van der Waals surface area contributed by atoms with E-state index in [2.05, 4.69) is 10.6 Å². The van der Waals surface area contributed by atoms with E-state index in [4.69, 9.17) is 4.74 Å². The zero-order chi connectivity index (χ0) is 22.4. The first-order valence-electron chi connectivity index (χ1n) is 9.29. The number of methoxy groups -OCH3 is 1. The summed E-state index contributed by atoms with van der Waals surface area (Å²) < 4.78 is 5.04. The first-order chi connectivity index (χ1) is 14.1.